The Labute approximate surface area is 110 Å². The highest BCUT2D eigenvalue weighted by molar-refractivity contribution is 6.28. The maximum atomic E-state index is 11.4. The van der Waals surface area contributed by atoms with Crippen molar-refractivity contribution in [3.8, 4) is 6.01 Å². The summed E-state index contributed by atoms with van der Waals surface area (Å²) in [6.45, 7) is 5.37. The Morgan fingerprint density at radius 2 is 1.94 bits per heavy atom. The van der Waals surface area contributed by atoms with E-state index in [-0.39, 0.29) is 29.3 Å². The van der Waals surface area contributed by atoms with Gasteiger partial charge in [-0.2, -0.15) is 15.0 Å². The molecule has 0 aliphatic heterocycles. The predicted octanol–water partition coefficient (Wildman–Crippen LogP) is 0.859. The van der Waals surface area contributed by atoms with Crippen LogP contribution >= 0.6 is 11.6 Å². The number of hydrogen-bond donors (Lipinski definition) is 2. The van der Waals surface area contributed by atoms with E-state index in [2.05, 4.69) is 25.6 Å². The molecule has 0 aromatic carbocycles. The van der Waals surface area contributed by atoms with Crippen molar-refractivity contribution in [3.05, 3.63) is 5.28 Å². The number of anilines is 1. The van der Waals surface area contributed by atoms with Crippen LogP contribution in [0, 0.1) is 0 Å². The SMILES string of the molecule is CNC(=O)C(C)Nc1nc(Cl)nc(OC(C)C)n1. The van der Waals surface area contributed by atoms with Gasteiger partial charge in [0.2, 0.25) is 17.1 Å². The molecular weight excluding hydrogens is 258 g/mol. The van der Waals surface area contributed by atoms with Gasteiger partial charge in [-0.15, -0.1) is 0 Å². The van der Waals surface area contributed by atoms with E-state index in [1.165, 1.54) is 0 Å². The van der Waals surface area contributed by atoms with Gasteiger partial charge in [0.15, 0.2) is 0 Å². The third-order valence-electron chi connectivity index (χ3n) is 1.91. The third-order valence-corrected chi connectivity index (χ3v) is 2.08. The fraction of sp³-hybridized carbons (Fsp3) is 0.600. The number of halogens is 1. The van der Waals surface area contributed by atoms with Crippen LogP contribution in [0.25, 0.3) is 0 Å². The Hall–Kier alpha value is -1.63. The summed E-state index contributed by atoms with van der Waals surface area (Å²) in [6, 6.07) is -0.364. The van der Waals surface area contributed by atoms with Gasteiger partial charge in [-0.05, 0) is 32.4 Å². The third kappa shape index (κ3) is 4.33. The zero-order chi connectivity index (χ0) is 13.7. The van der Waals surface area contributed by atoms with Crippen LogP contribution in [-0.2, 0) is 4.79 Å². The number of carbonyl (C=O) groups excluding carboxylic acids is 1. The van der Waals surface area contributed by atoms with E-state index >= 15 is 0 Å². The van der Waals surface area contributed by atoms with Gasteiger partial charge in [-0.3, -0.25) is 4.79 Å². The Morgan fingerprint density at radius 3 is 2.50 bits per heavy atom. The van der Waals surface area contributed by atoms with E-state index < -0.39 is 6.04 Å². The lowest BCUT2D eigenvalue weighted by atomic mass is 10.3. The molecule has 0 aliphatic rings. The van der Waals surface area contributed by atoms with Crippen LogP contribution in [0.2, 0.25) is 5.28 Å². The van der Waals surface area contributed by atoms with Crippen molar-refractivity contribution in [2.45, 2.75) is 32.9 Å². The van der Waals surface area contributed by atoms with Crippen LogP contribution in [0.15, 0.2) is 0 Å². The quantitative estimate of drug-likeness (QED) is 0.827. The number of nitrogens with one attached hydrogen (secondary N) is 2. The molecule has 0 spiro atoms. The van der Waals surface area contributed by atoms with Gasteiger partial charge >= 0.3 is 6.01 Å². The fourth-order valence-electron chi connectivity index (χ4n) is 1.14. The lowest BCUT2D eigenvalue weighted by molar-refractivity contribution is -0.121. The topological polar surface area (TPSA) is 89.0 Å². The zero-order valence-corrected chi connectivity index (χ0v) is 11.4. The Bertz CT molecular complexity index is 427. The van der Waals surface area contributed by atoms with Gasteiger partial charge in [-0.25, -0.2) is 0 Å². The fourth-order valence-corrected chi connectivity index (χ4v) is 1.29. The highest BCUT2D eigenvalue weighted by Crippen LogP contribution is 2.13. The summed E-state index contributed by atoms with van der Waals surface area (Å²) in [5.74, 6) is 0.0135. The molecule has 0 fully saturated rings. The average Bonchev–Trinajstić information content (AvgIpc) is 2.25. The molecule has 1 amide bonds. The van der Waals surface area contributed by atoms with Crippen molar-refractivity contribution in [3.63, 3.8) is 0 Å². The number of amides is 1. The molecule has 1 atom stereocenters. The lowest BCUT2D eigenvalue weighted by Gasteiger charge is -2.13. The van der Waals surface area contributed by atoms with E-state index in [0.717, 1.165) is 0 Å². The summed E-state index contributed by atoms with van der Waals surface area (Å²) in [5, 5.41) is 5.32. The molecule has 100 valence electrons. The number of aromatic nitrogens is 3. The number of nitrogens with zero attached hydrogens (tertiary/aromatic N) is 3. The average molecular weight is 274 g/mol. The van der Waals surface area contributed by atoms with Crippen LogP contribution in [0.5, 0.6) is 6.01 Å². The van der Waals surface area contributed by atoms with Gasteiger partial charge < -0.3 is 15.4 Å². The monoisotopic (exact) mass is 273 g/mol. The van der Waals surface area contributed by atoms with Crippen molar-refractivity contribution in [1.82, 2.24) is 20.3 Å². The maximum absolute atomic E-state index is 11.4. The molecule has 0 aliphatic carbocycles. The summed E-state index contributed by atoms with van der Waals surface area (Å²) in [5.41, 5.74) is 0. The normalized spacial score (nSPS) is 12.1. The minimum atomic E-state index is -0.486. The highest BCUT2D eigenvalue weighted by atomic mass is 35.5. The minimum absolute atomic E-state index is 0.00672. The number of likely N-dealkylation sites (N-methyl/N-ethyl adjacent to an activating group) is 1. The second kappa shape index (κ2) is 6.34. The van der Waals surface area contributed by atoms with Crippen molar-refractivity contribution in [2.75, 3.05) is 12.4 Å². The Kier molecular flexibility index (Phi) is 5.08. The first kappa shape index (κ1) is 14.4. The van der Waals surface area contributed by atoms with Crippen molar-refractivity contribution >= 4 is 23.5 Å². The van der Waals surface area contributed by atoms with Gasteiger partial charge in [0.25, 0.3) is 0 Å². The van der Waals surface area contributed by atoms with E-state index in [1.807, 2.05) is 13.8 Å². The summed E-state index contributed by atoms with van der Waals surface area (Å²) in [6.07, 6.45) is -0.0762. The molecule has 0 saturated heterocycles. The molecule has 1 aromatic heterocycles. The zero-order valence-electron chi connectivity index (χ0n) is 10.7. The van der Waals surface area contributed by atoms with Crippen LogP contribution in [-0.4, -0.2) is 40.1 Å². The number of ether oxygens (including phenoxy) is 1. The smallest absolute Gasteiger partial charge is 0.322 e. The van der Waals surface area contributed by atoms with Gasteiger partial charge in [0.1, 0.15) is 6.04 Å². The van der Waals surface area contributed by atoms with Crippen LogP contribution < -0.4 is 15.4 Å². The number of carbonyl (C=O) groups is 1. The second-order valence-corrected chi connectivity index (χ2v) is 4.20. The van der Waals surface area contributed by atoms with Gasteiger partial charge in [0, 0.05) is 7.05 Å². The first-order valence-corrected chi connectivity index (χ1v) is 5.86. The van der Waals surface area contributed by atoms with Crippen molar-refractivity contribution in [2.24, 2.45) is 0 Å². The van der Waals surface area contributed by atoms with Crippen LogP contribution in [0.1, 0.15) is 20.8 Å². The van der Waals surface area contributed by atoms with E-state index in [1.54, 1.807) is 14.0 Å². The second-order valence-electron chi connectivity index (χ2n) is 3.86. The van der Waals surface area contributed by atoms with Crippen LogP contribution in [0.4, 0.5) is 5.95 Å². The molecule has 1 heterocycles. The molecule has 8 heteroatoms. The first-order chi connectivity index (χ1) is 8.42. The van der Waals surface area contributed by atoms with Crippen molar-refractivity contribution < 1.29 is 9.53 Å². The Morgan fingerprint density at radius 1 is 1.28 bits per heavy atom. The largest absolute Gasteiger partial charge is 0.461 e. The van der Waals surface area contributed by atoms with Gasteiger partial charge in [0.05, 0.1) is 6.10 Å². The summed E-state index contributed by atoms with van der Waals surface area (Å²) in [4.78, 5) is 23.1. The predicted molar refractivity (Wildman–Crippen MR) is 67.8 cm³/mol. The summed E-state index contributed by atoms with van der Waals surface area (Å²) < 4.78 is 5.32. The summed E-state index contributed by atoms with van der Waals surface area (Å²) in [7, 11) is 1.55. The van der Waals surface area contributed by atoms with Crippen molar-refractivity contribution in [1.29, 1.82) is 0 Å². The standard InChI is InChI=1S/C10H16ClN5O2/c1-5(2)18-10-15-8(11)14-9(16-10)13-6(3)7(17)12-4/h5-6H,1-4H3,(H,12,17)(H,13,14,15,16). The maximum Gasteiger partial charge on any atom is 0.322 e. The number of rotatable bonds is 5. The van der Waals surface area contributed by atoms with E-state index in [4.69, 9.17) is 16.3 Å². The molecule has 0 bridgehead atoms. The molecule has 18 heavy (non-hydrogen) atoms. The molecule has 1 rings (SSSR count). The van der Waals surface area contributed by atoms with Crippen LogP contribution in [0.3, 0.4) is 0 Å². The molecule has 0 saturated carbocycles. The Balaban J connectivity index is 2.82. The molecule has 2 N–H and O–H groups in total. The molecule has 0 radical (unpaired) electrons. The molecule has 1 unspecified atom stereocenters. The van der Waals surface area contributed by atoms with E-state index in [0.29, 0.717) is 0 Å². The molecule has 1 aromatic rings. The molecular formula is C10H16ClN5O2. The number of hydrogen-bond acceptors (Lipinski definition) is 6. The van der Waals surface area contributed by atoms with E-state index in [9.17, 15) is 4.79 Å². The summed E-state index contributed by atoms with van der Waals surface area (Å²) >= 11 is 5.75. The van der Waals surface area contributed by atoms with Gasteiger partial charge in [-0.1, -0.05) is 0 Å². The first-order valence-electron chi connectivity index (χ1n) is 5.48. The highest BCUT2D eigenvalue weighted by Gasteiger charge is 2.14. The lowest BCUT2D eigenvalue weighted by Crippen LogP contribution is -2.35. The minimum Gasteiger partial charge on any atom is -0.461 e. The molecule has 7 nitrogen and oxygen atoms in total.